The molecule has 0 amide bonds. The third kappa shape index (κ3) is 3.96. The number of hydrogen-bond donors (Lipinski definition) is 2. The monoisotopic (exact) mass is 262 g/mol. The van der Waals surface area contributed by atoms with Gasteiger partial charge in [0.15, 0.2) is 0 Å². The Kier molecular flexibility index (Phi) is 4.74. The van der Waals surface area contributed by atoms with Gasteiger partial charge >= 0.3 is 0 Å². The Bertz CT molecular complexity index is 470. The highest BCUT2D eigenvalue weighted by Crippen LogP contribution is 2.18. The van der Waals surface area contributed by atoms with Gasteiger partial charge in [-0.05, 0) is 19.1 Å². The summed E-state index contributed by atoms with van der Waals surface area (Å²) in [5, 5.41) is 10.2. The molecule has 6 heteroatoms. The van der Waals surface area contributed by atoms with Crippen molar-refractivity contribution in [2.24, 2.45) is 0 Å². The molecule has 0 aromatic carbocycles. The molecule has 6 nitrogen and oxygen atoms in total. The number of rotatable bonds is 7. The second kappa shape index (κ2) is 6.75. The summed E-state index contributed by atoms with van der Waals surface area (Å²) in [6, 6.07) is 5.84. The number of anilines is 1. The first kappa shape index (κ1) is 13.4. The van der Waals surface area contributed by atoms with E-state index in [-0.39, 0.29) is 6.04 Å². The number of H-pyrrole nitrogens is 1. The topological polar surface area (TPSA) is 72.1 Å². The summed E-state index contributed by atoms with van der Waals surface area (Å²) >= 11 is 0. The molecule has 0 aliphatic carbocycles. The molecule has 2 N–H and O–H groups in total. The molecule has 19 heavy (non-hydrogen) atoms. The van der Waals surface area contributed by atoms with Crippen LogP contribution >= 0.6 is 0 Å². The molecule has 0 saturated carbocycles. The standard InChI is InChI=1S/C13H18N4O2/c1-10(12-5-6-15-17-12)16-11-3-4-13(14-9-11)19-8-7-18-2/h3-6,9-10,16H,7-8H2,1-2H3,(H,15,17). The molecule has 0 aliphatic rings. The summed E-state index contributed by atoms with van der Waals surface area (Å²) < 4.78 is 10.3. The van der Waals surface area contributed by atoms with E-state index in [1.54, 1.807) is 19.5 Å². The van der Waals surface area contributed by atoms with Gasteiger partial charge in [-0.15, -0.1) is 0 Å². The molecule has 0 spiro atoms. The van der Waals surface area contributed by atoms with E-state index in [1.807, 2.05) is 18.2 Å². The Morgan fingerprint density at radius 3 is 2.84 bits per heavy atom. The second-order valence-corrected chi connectivity index (χ2v) is 4.10. The lowest BCUT2D eigenvalue weighted by molar-refractivity contribution is 0.144. The van der Waals surface area contributed by atoms with Crippen molar-refractivity contribution >= 4 is 5.69 Å². The highest BCUT2D eigenvalue weighted by atomic mass is 16.5. The number of hydrogen-bond acceptors (Lipinski definition) is 5. The minimum Gasteiger partial charge on any atom is -0.475 e. The lowest BCUT2D eigenvalue weighted by atomic mass is 10.2. The molecule has 0 radical (unpaired) electrons. The average molecular weight is 262 g/mol. The summed E-state index contributed by atoms with van der Waals surface area (Å²) in [6.45, 7) is 3.11. The summed E-state index contributed by atoms with van der Waals surface area (Å²) in [4.78, 5) is 4.22. The maximum atomic E-state index is 5.40. The van der Waals surface area contributed by atoms with Crippen molar-refractivity contribution in [1.29, 1.82) is 0 Å². The van der Waals surface area contributed by atoms with E-state index >= 15 is 0 Å². The van der Waals surface area contributed by atoms with Crippen LogP contribution in [0.1, 0.15) is 18.7 Å². The Balaban J connectivity index is 1.88. The minimum absolute atomic E-state index is 0.143. The van der Waals surface area contributed by atoms with Crippen LogP contribution in [0, 0.1) is 0 Å². The smallest absolute Gasteiger partial charge is 0.213 e. The Hall–Kier alpha value is -2.08. The van der Waals surface area contributed by atoms with Gasteiger partial charge in [0.25, 0.3) is 0 Å². The quantitative estimate of drug-likeness (QED) is 0.747. The normalized spacial score (nSPS) is 12.1. The predicted octanol–water partition coefficient (Wildman–Crippen LogP) is 2.00. The van der Waals surface area contributed by atoms with Crippen LogP contribution in [0.3, 0.4) is 0 Å². The van der Waals surface area contributed by atoms with Gasteiger partial charge in [0.05, 0.1) is 30.2 Å². The van der Waals surface area contributed by atoms with Crippen molar-refractivity contribution in [3.8, 4) is 5.88 Å². The second-order valence-electron chi connectivity index (χ2n) is 4.10. The number of ether oxygens (including phenoxy) is 2. The van der Waals surface area contributed by atoms with Crippen molar-refractivity contribution in [1.82, 2.24) is 15.2 Å². The lowest BCUT2D eigenvalue weighted by Gasteiger charge is -2.13. The van der Waals surface area contributed by atoms with Crippen LogP contribution in [0.4, 0.5) is 5.69 Å². The highest BCUT2D eigenvalue weighted by Gasteiger charge is 2.06. The molecule has 2 rings (SSSR count). The van der Waals surface area contributed by atoms with Gasteiger partial charge in [0.2, 0.25) is 5.88 Å². The zero-order valence-electron chi connectivity index (χ0n) is 11.1. The van der Waals surface area contributed by atoms with Gasteiger partial charge in [0, 0.05) is 19.4 Å². The molecular formula is C13H18N4O2. The van der Waals surface area contributed by atoms with Gasteiger partial charge < -0.3 is 14.8 Å². The summed E-state index contributed by atoms with van der Waals surface area (Å²) in [5.41, 5.74) is 1.96. The predicted molar refractivity (Wildman–Crippen MR) is 72.2 cm³/mol. The third-order valence-corrected chi connectivity index (χ3v) is 2.65. The van der Waals surface area contributed by atoms with Crippen LogP contribution in [0.2, 0.25) is 0 Å². The van der Waals surface area contributed by atoms with Crippen molar-refractivity contribution in [2.75, 3.05) is 25.6 Å². The first-order chi connectivity index (χ1) is 9.29. The molecule has 0 saturated heterocycles. The highest BCUT2D eigenvalue weighted by molar-refractivity contribution is 5.43. The Morgan fingerprint density at radius 1 is 1.32 bits per heavy atom. The van der Waals surface area contributed by atoms with E-state index < -0.39 is 0 Å². The van der Waals surface area contributed by atoms with Crippen LogP contribution in [-0.4, -0.2) is 35.5 Å². The molecule has 2 aromatic rings. The fourth-order valence-corrected chi connectivity index (χ4v) is 1.62. The zero-order valence-corrected chi connectivity index (χ0v) is 11.1. The average Bonchev–Trinajstić information content (AvgIpc) is 2.95. The van der Waals surface area contributed by atoms with E-state index in [9.17, 15) is 0 Å². The maximum Gasteiger partial charge on any atom is 0.213 e. The van der Waals surface area contributed by atoms with Gasteiger partial charge in [-0.3, -0.25) is 5.10 Å². The van der Waals surface area contributed by atoms with Gasteiger partial charge in [-0.2, -0.15) is 5.10 Å². The Morgan fingerprint density at radius 2 is 2.21 bits per heavy atom. The number of aromatic nitrogens is 3. The summed E-state index contributed by atoms with van der Waals surface area (Å²) in [6.07, 6.45) is 3.48. The van der Waals surface area contributed by atoms with E-state index in [4.69, 9.17) is 9.47 Å². The molecule has 102 valence electrons. The molecule has 1 atom stereocenters. The lowest BCUT2D eigenvalue weighted by Crippen LogP contribution is -2.08. The van der Waals surface area contributed by atoms with Crippen LogP contribution < -0.4 is 10.1 Å². The SMILES string of the molecule is COCCOc1ccc(NC(C)c2ccn[nH]2)cn1. The minimum atomic E-state index is 0.143. The van der Waals surface area contributed by atoms with Crippen molar-refractivity contribution in [2.45, 2.75) is 13.0 Å². The number of methoxy groups -OCH3 is 1. The molecular weight excluding hydrogens is 244 g/mol. The van der Waals surface area contributed by atoms with E-state index in [2.05, 4.69) is 27.4 Å². The first-order valence-corrected chi connectivity index (χ1v) is 6.13. The van der Waals surface area contributed by atoms with Crippen molar-refractivity contribution in [3.63, 3.8) is 0 Å². The molecule has 1 unspecified atom stereocenters. The van der Waals surface area contributed by atoms with E-state index in [0.29, 0.717) is 19.1 Å². The fraction of sp³-hybridized carbons (Fsp3) is 0.385. The molecule has 0 aliphatic heterocycles. The maximum absolute atomic E-state index is 5.40. The van der Waals surface area contributed by atoms with Crippen LogP contribution in [0.15, 0.2) is 30.6 Å². The van der Waals surface area contributed by atoms with Gasteiger partial charge in [-0.1, -0.05) is 0 Å². The molecule has 2 aromatic heterocycles. The van der Waals surface area contributed by atoms with Crippen LogP contribution in [-0.2, 0) is 4.74 Å². The van der Waals surface area contributed by atoms with Crippen molar-refractivity contribution < 1.29 is 9.47 Å². The molecule has 0 fully saturated rings. The first-order valence-electron chi connectivity index (χ1n) is 6.13. The third-order valence-electron chi connectivity index (χ3n) is 2.65. The number of nitrogens with zero attached hydrogens (tertiary/aromatic N) is 2. The Labute approximate surface area is 112 Å². The summed E-state index contributed by atoms with van der Waals surface area (Å²) in [5.74, 6) is 0.594. The number of pyridine rings is 1. The fourth-order valence-electron chi connectivity index (χ4n) is 1.62. The van der Waals surface area contributed by atoms with E-state index in [0.717, 1.165) is 11.4 Å². The number of nitrogens with one attached hydrogen (secondary N) is 2. The van der Waals surface area contributed by atoms with Crippen LogP contribution in [0.25, 0.3) is 0 Å². The number of aromatic amines is 1. The van der Waals surface area contributed by atoms with Gasteiger partial charge in [-0.25, -0.2) is 4.98 Å². The molecule has 2 heterocycles. The van der Waals surface area contributed by atoms with Crippen molar-refractivity contribution in [3.05, 3.63) is 36.3 Å². The summed E-state index contributed by atoms with van der Waals surface area (Å²) in [7, 11) is 1.64. The molecule has 0 bridgehead atoms. The van der Waals surface area contributed by atoms with Crippen LogP contribution in [0.5, 0.6) is 5.88 Å². The van der Waals surface area contributed by atoms with Gasteiger partial charge in [0.1, 0.15) is 6.61 Å². The van der Waals surface area contributed by atoms with E-state index in [1.165, 1.54) is 0 Å². The largest absolute Gasteiger partial charge is 0.475 e. The zero-order chi connectivity index (χ0) is 13.5.